The van der Waals surface area contributed by atoms with Gasteiger partial charge in [0.25, 0.3) is 0 Å². The molecule has 0 saturated heterocycles. The summed E-state index contributed by atoms with van der Waals surface area (Å²) in [6, 6.07) is 11.6. The van der Waals surface area contributed by atoms with Crippen LogP contribution >= 0.6 is 0 Å². The van der Waals surface area contributed by atoms with E-state index >= 15 is 0 Å². The van der Waals surface area contributed by atoms with Crippen molar-refractivity contribution in [1.29, 1.82) is 0 Å². The second kappa shape index (κ2) is 10.0. The quantitative estimate of drug-likeness (QED) is 0.648. The van der Waals surface area contributed by atoms with E-state index in [9.17, 15) is 9.59 Å². The van der Waals surface area contributed by atoms with Crippen LogP contribution in [-0.4, -0.2) is 34.6 Å². The number of hydrogen-bond donors (Lipinski definition) is 0. The molecule has 156 valence electrons. The highest BCUT2D eigenvalue weighted by molar-refractivity contribution is 5.72. The zero-order chi connectivity index (χ0) is 21.4. The van der Waals surface area contributed by atoms with E-state index in [1.807, 2.05) is 64.1 Å². The van der Waals surface area contributed by atoms with Crippen LogP contribution in [0.4, 0.5) is 4.79 Å². The lowest BCUT2D eigenvalue weighted by molar-refractivity contribution is -0.149. The molecule has 1 aromatic heterocycles. The normalized spacial score (nSPS) is 12.2. The average Bonchev–Trinajstić information content (AvgIpc) is 2.65. The van der Waals surface area contributed by atoms with Crippen LogP contribution in [0.15, 0.2) is 48.8 Å². The summed E-state index contributed by atoms with van der Waals surface area (Å²) in [7, 11) is 1.68. The van der Waals surface area contributed by atoms with Gasteiger partial charge in [-0.15, -0.1) is 0 Å². The van der Waals surface area contributed by atoms with Gasteiger partial charge in [0.1, 0.15) is 12.2 Å². The molecule has 1 unspecified atom stereocenters. The zero-order valence-corrected chi connectivity index (χ0v) is 17.8. The Balaban J connectivity index is 1.89. The number of ether oxygens (including phenoxy) is 2. The fourth-order valence-electron chi connectivity index (χ4n) is 2.73. The molecule has 0 saturated carbocycles. The molecule has 0 aliphatic heterocycles. The number of hydrogen-bond acceptors (Lipinski definition) is 5. The number of carbonyl (C=O) groups excluding carboxylic acids is 2. The van der Waals surface area contributed by atoms with Gasteiger partial charge in [0, 0.05) is 19.4 Å². The van der Waals surface area contributed by atoms with Crippen molar-refractivity contribution in [3.63, 3.8) is 0 Å². The van der Waals surface area contributed by atoms with Gasteiger partial charge in [-0.05, 0) is 43.9 Å². The molecular weight excluding hydrogens is 368 g/mol. The van der Waals surface area contributed by atoms with Gasteiger partial charge in [0.05, 0.1) is 12.5 Å². The molecule has 0 aliphatic carbocycles. The van der Waals surface area contributed by atoms with E-state index < -0.39 is 5.60 Å². The number of aromatic nitrogens is 1. The molecule has 2 rings (SSSR count). The Morgan fingerprint density at radius 3 is 2.38 bits per heavy atom. The first-order chi connectivity index (χ1) is 13.6. The minimum absolute atomic E-state index is 0.245. The minimum atomic E-state index is -0.541. The Kier molecular flexibility index (Phi) is 7.76. The van der Waals surface area contributed by atoms with Crippen LogP contribution in [-0.2, 0) is 33.8 Å². The predicted octanol–water partition coefficient (Wildman–Crippen LogP) is 4.37. The highest BCUT2D eigenvalue weighted by Gasteiger charge is 2.20. The SMILES string of the molecule is CC(Cc1cncc(CN(C)C(=O)OC(C)(C)C)c1)C(=O)OCc1ccccc1. The first kappa shape index (κ1) is 22.4. The number of esters is 1. The van der Waals surface area contributed by atoms with Crippen molar-refractivity contribution < 1.29 is 19.1 Å². The van der Waals surface area contributed by atoms with E-state index in [-0.39, 0.29) is 24.6 Å². The summed E-state index contributed by atoms with van der Waals surface area (Å²) in [5.74, 6) is -0.538. The zero-order valence-electron chi connectivity index (χ0n) is 17.8. The molecule has 0 aliphatic rings. The Morgan fingerprint density at radius 1 is 1.07 bits per heavy atom. The average molecular weight is 399 g/mol. The summed E-state index contributed by atoms with van der Waals surface area (Å²) >= 11 is 0. The van der Waals surface area contributed by atoms with Crippen molar-refractivity contribution in [2.24, 2.45) is 5.92 Å². The topological polar surface area (TPSA) is 68.7 Å². The number of carbonyl (C=O) groups is 2. The third kappa shape index (κ3) is 7.94. The van der Waals surface area contributed by atoms with Crippen LogP contribution in [0.25, 0.3) is 0 Å². The van der Waals surface area contributed by atoms with Crippen LogP contribution in [0.2, 0.25) is 0 Å². The molecule has 0 fully saturated rings. The van der Waals surface area contributed by atoms with E-state index in [0.29, 0.717) is 13.0 Å². The van der Waals surface area contributed by atoms with Crippen LogP contribution in [0.3, 0.4) is 0 Å². The first-order valence-corrected chi connectivity index (χ1v) is 9.71. The van der Waals surface area contributed by atoms with Gasteiger partial charge >= 0.3 is 12.1 Å². The maximum Gasteiger partial charge on any atom is 0.410 e. The minimum Gasteiger partial charge on any atom is -0.461 e. The summed E-state index contributed by atoms with van der Waals surface area (Å²) < 4.78 is 10.8. The highest BCUT2D eigenvalue weighted by Crippen LogP contribution is 2.15. The van der Waals surface area contributed by atoms with Gasteiger partial charge in [-0.2, -0.15) is 0 Å². The molecule has 6 heteroatoms. The van der Waals surface area contributed by atoms with Crippen LogP contribution in [0.1, 0.15) is 44.4 Å². The molecule has 0 N–H and O–H groups in total. The number of nitrogens with zero attached hydrogens (tertiary/aromatic N) is 2. The van der Waals surface area contributed by atoms with Gasteiger partial charge in [0.2, 0.25) is 0 Å². The number of amides is 1. The number of benzene rings is 1. The number of rotatable bonds is 7. The van der Waals surface area contributed by atoms with Crippen molar-refractivity contribution in [2.45, 2.75) is 52.9 Å². The maximum absolute atomic E-state index is 12.3. The van der Waals surface area contributed by atoms with Gasteiger partial charge in [-0.1, -0.05) is 43.3 Å². The summed E-state index contributed by atoms with van der Waals surface area (Å²) in [4.78, 5) is 30.2. The first-order valence-electron chi connectivity index (χ1n) is 9.71. The third-order valence-corrected chi connectivity index (χ3v) is 4.14. The fourth-order valence-corrected chi connectivity index (χ4v) is 2.73. The van der Waals surface area contributed by atoms with Crippen LogP contribution in [0, 0.1) is 5.92 Å². The summed E-state index contributed by atoms with van der Waals surface area (Å²) in [6.07, 6.45) is 3.58. The second-order valence-corrected chi connectivity index (χ2v) is 8.24. The highest BCUT2D eigenvalue weighted by atomic mass is 16.6. The standard InChI is InChI=1S/C23H30N2O4/c1-17(21(26)28-16-18-9-7-6-8-10-18)11-19-12-20(14-24-13-19)15-25(5)22(27)29-23(2,3)4/h6-10,12-14,17H,11,15-16H2,1-5H3. The van der Waals surface area contributed by atoms with Crippen molar-refractivity contribution in [3.05, 3.63) is 65.5 Å². The van der Waals surface area contributed by atoms with Crippen LogP contribution < -0.4 is 0 Å². The van der Waals surface area contributed by atoms with Gasteiger partial charge in [0.15, 0.2) is 0 Å². The summed E-state index contributed by atoms with van der Waals surface area (Å²) in [5, 5.41) is 0. The van der Waals surface area contributed by atoms with Crippen LogP contribution in [0.5, 0.6) is 0 Å². The lowest BCUT2D eigenvalue weighted by Crippen LogP contribution is -2.33. The summed E-state index contributed by atoms with van der Waals surface area (Å²) in [6.45, 7) is 7.98. The van der Waals surface area contributed by atoms with Crippen molar-refractivity contribution >= 4 is 12.1 Å². The molecule has 29 heavy (non-hydrogen) atoms. The van der Waals surface area contributed by atoms with Crippen molar-refractivity contribution in [2.75, 3.05) is 7.05 Å². The van der Waals surface area contributed by atoms with E-state index in [1.165, 1.54) is 4.90 Å². The molecule has 1 heterocycles. The Morgan fingerprint density at radius 2 is 1.72 bits per heavy atom. The third-order valence-electron chi connectivity index (χ3n) is 4.14. The molecule has 0 bridgehead atoms. The van der Waals surface area contributed by atoms with E-state index in [1.54, 1.807) is 19.4 Å². The molecule has 1 aromatic carbocycles. The lowest BCUT2D eigenvalue weighted by Gasteiger charge is -2.24. The molecule has 0 radical (unpaired) electrons. The van der Waals surface area contributed by atoms with Gasteiger partial charge < -0.3 is 14.4 Å². The monoisotopic (exact) mass is 398 g/mol. The molecule has 1 amide bonds. The largest absolute Gasteiger partial charge is 0.461 e. The molecular formula is C23H30N2O4. The molecule has 2 aromatic rings. The fraction of sp³-hybridized carbons (Fsp3) is 0.435. The van der Waals surface area contributed by atoms with E-state index in [0.717, 1.165) is 16.7 Å². The Labute approximate surface area is 172 Å². The molecule has 6 nitrogen and oxygen atoms in total. The summed E-state index contributed by atoms with van der Waals surface area (Å²) in [5.41, 5.74) is 2.22. The second-order valence-electron chi connectivity index (χ2n) is 8.24. The Bertz CT molecular complexity index is 815. The number of pyridine rings is 1. The molecule has 0 spiro atoms. The van der Waals surface area contributed by atoms with Gasteiger partial charge in [-0.25, -0.2) is 4.79 Å². The van der Waals surface area contributed by atoms with Gasteiger partial charge in [-0.3, -0.25) is 9.78 Å². The van der Waals surface area contributed by atoms with E-state index in [4.69, 9.17) is 9.47 Å². The smallest absolute Gasteiger partial charge is 0.410 e. The maximum atomic E-state index is 12.3. The van der Waals surface area contributed by atoms with E-state index in [2.05, 4.69) is 4.98 Å². The predicted molar refractivity (Wildman–Crippen MR) is 111 cm³/mol. The Hall–Kier alpha value is -2.89. The lowest BCUT2D eigenvalue weighted by atomic mass is 10.0. The van der Waals surface area contributed by atoms with Crippen molar-refractivity contribution in [1.82, 2.24) is 9.88 Å². The van der Waals surface area contributed by atoms with Crippen molar-refractivity contribution in [3.8, 4) is 0 Å². The molecule has 1 atom stereocenters.